The van der Waals surface area contributed by atoms with Crippen molar-refractivity contribution in [1.29, 1.82) is 0 Å². The fraction of sp³-hybridized carbons (Fsp3) is 0.143. The monoisotopic (exact) mass is 301 g/mol. The zero-order chi connectivity index (χ0) is 15.6. The van der Waals surface area contributed by atoms with Gasteiger partial charge in [-0.2, -0.15) is 0 Å². The molecule has 0 radical (unpaired) electrons. The van der Waals surface area contributed by atoms with Gasteiger partial charge in [-0.05, 0) is 53.8 Å². The van der Waals surface area contributed by atoms with E-state index in [4.69, 9.17) is 0 Å². The molecule has 114 valence electrons. The van der Waals surface area contributed by atoms with Gasteiger partial charge in [-0.25, -0.2) is 0 Å². The summed E-state index contributed by atoms with van der Waals surface area (Å²) in [6.45, 7) is 0.0768. The van der Waals surface area contributed by atoms with Crippen LogP contribution in [0.5, 0.6) is 0 Å². The molecule has 3 aromatic rings. The molecule has 0 saturated carbocycles. The molecule has 0 bridgehead atoms. The first-order valence-corrected chi connectivity index (χ1v) is 8.02. The highest BCUT2D eigenvalue weighted by atomic mass is 16.3. The Balaban J connectivity index is 1.92. The molecule has 1 aliphatic rings. The number of aliphatic hydroxyl groups is 1. The van der Waals surface area contributed by atoms with E-state index in [0.717, 1.165) is 24.1 Å². The molecule has 0 aliphatic carbocycles. The number of aryl methyl sites for hydroxylation is 2. The molecule has 0 spiro atoms. The maximum atomic E-state index is 9.29. The Labute approximate surface area is 136 Å². The van der Waals surface area contributed by atoms with Crippen molar-refractivity contribution in [3.8, 4) is 0 Å². The minimum Gasteiger partial charge on any atom is -0.392 e. The van der Waals surface area contributed by atoms with Crippen molar-refractivity contribution in [1.82, 2.24) is 0 Å². The molecule has 1 aliphatic heterocycles. The summed E-state index contributed by atoms with van der Waals surface area (Å²) in [4.78, 5) is 2.33. The first kappa shape index (κ1) is 14.0. The largest absolute Gasteiger partial charge is 0.392 e. The normalized spacial score (nSPS) is 13.2. The first-order chi connectivity index (χ1) is 11.4. The average molecular weight is 301 g/mol. The van der Waals surface area contributed by atoms with Crippen LogP contribution in [0, 0.1) is 0 Å². The Morgan fingerprint density at radius 2 is 1.22 bits per heavy atom. The summed E-state index contributed by atoms with van der Waals surface area (Å²) in [6.07, 6.45) is 2.11. The van der Waals surface area contributed by atoms with Gasteiger partial charge in [0.05, 0.1) is 6.61 Å². The molecular formula is C21H19NO. The number of anilines is 3. The van der Waals surface area contributed by atoms with Gasteiger partial charge in [-0.1, -0.05) is 48.5 Å². The lowest BCUT2D eigenvalue weighted by Crippen LogP contribution is -2.11. The number of fused-ring (bicyclic) bond motifs is 2. The quantitative estimate of drug-likeness (QED) is 0.738. The van der Waals surface area contributed by atoms with Gasteiger partial charge >= 0.3 is 0 Å². The van der Waals surface area contributed by atoms with Crippen LogP contribution in [0.4, 0.5) is 17.1 Å². The SMILES string of the molecule is OCc1ccc(N2c3ccccc3CCc3ccccc32)cc1. The molecule has 2 heteroatoms. The summed E-state index contributed by atoms with van der Waals surface area (Å²) in [5.41, 5.74) is 7.29. The highest BCUT2D eigenvalue weighted by molar-refractivity contribution is 5.81. The van der Waals surface area contributed by atoms with Gasteiger partial charge in [-0.15, -0.1) is 0 Å². The zero-order valence-electron chi connectivity index (χ0n) is 12.9. The Morgan fingerprint density at radius 1 is 0.696 bits per heavy atom. The van der Waals surface area contributed by atoms with Crippen LogP contribution in [-0.2, 0) is 19.4 Å². The van der Waals surface area contributed by atoms with E-state index in [1.807, 2.05) is 12.1 Å². The van der Waals surface area contributed by atoms with Gasteiger partial charge in [0.2, 0.25) is 0 Å². The van der Waals surface area contributed by atoms with Crippen molar-refractivity contribution < 1.29 is 5.11 Å². The Morgan fingerprint density at radius 3 is 1.74 bits per heavy atom. The maximum Gasteiger partial charge on any atom is 0.0681 e. The topological polar surface area (TPSA) is 23.5 Å². The highest BCUT2D eigenvalue weighted by Gasteiger charge is 2.21. The summed E-state index contributed by atoms with van der Waals surface area (Å²) in [7, 11) is 0. The second-order valence-electron chi connectivity index (χ2n) is 5.92. The molecule has 0 saturated heterocycles. The number of benzene rings is 3. The van der Waals surface area contributed by atoms with Crippen LogP contribution >= 0.6 is 0 Å². The number of hydrogen-bond donors (Lipinski definition) is 1. The molecular weight excluding hydrogens is 282 g/mol. The highest BCUT2D eigenvalue weighted by Crippen LogP contribution is 2.41. The molecule has 3 aromatic carbocycles. The molecule has 1 N–H and O–H groups in total. The van der Waals surface area contributed by atoms with Crippen LogP contribution in [0.15, 0.2) is 72.8 Å². The van der Waals surface area contributed by atoms with E-state index in [9.17, 15) is 5.11 Å². The zero-order valence-corrected chi connectivity index (χ0v) is 12.9. The van der Waals surface area contributed by atoms with Crippen molar-refractivity contribution in [3.63, 3.8) is 0 Å². The predicted molar refractivity (Wildman–Crippen MR) is 94.5 cm³/mol. The second kappa shape index (κ2) is 5.90. The first-order valence-electron chi connectivity index (χ1n) is 8.02. The fourth-order valence-corrected chi connectivity index (χ4v) is 3.31. The van der Waals surface area contributed by atoms with Crippen molar-refractivity contribution in [2.45, 2.75) is 19.4 Å². The molecule has 4 rings (SSSR count). The Kier molecular flexibility index (Phi) is 3.60. The third-order valence-electron chi connectivity index (χ3n) is 4.51. The van der Waals surface area contributed by atoms with Gasteiger partial charge in [-0.3, -0.25) is 0 Å². The number of aliphatic hydroxyl groups excluding tert-OH is 1. The van der Waals surface area contributed by atoms with Gasteiger partial charge in [0.1, 0.15) is 0 Å². The number of para-hydroxylation sites is 2. The van der Waals surface area contributed by atoms with E-state index in [-0.39, 0.29) is 6.61 Å². The summed E-state index contributed by atoms with van der Waals surface area (Å²) in [5, 5.41) is 9.29. The molecule has 0 fully saturated rings. The lowest BCUT2D eigenvalue weighted by Gasteiger charge is -2.27. The molecule has 0 unspecified atom stereocenters. The molecule has 1 heterocycles. The van der Waals surface area contributed by atoms with Gasteiger partial charge in [0.15, 0.2) is 0 Å². The minimum atomic E-state index is 0.0768. The predicted octanol–water partition coefficient (Wildman–Crippen LogP) is 4.75. The summed E-state index contributed by atoms with van der Waals surface area (Å²) >= 11 is 0. The maximum absolute atomic E-state index is 9.29. The van der Waals surface area contributed by atoms with Crippen LogP contribution in [0.1, 0.15) is 16.7 Å². The summed E-state index contributed by atoms with van der Waals surface area (Å²) in [6, 6.07) is 25.4. The van der Waals surface area contributed by atoms with E-state index in [1.54, 1.807) is 0 Å². The standard InChI is InChI=1S/C21H19NO/c23-15-16-9-13-19(14-10-16)22-20-7-3-1-5-17(20)11-12-18-6-2-4-8-21(18)22/h1-10,13-14,23H,11-12,15H2. The van der Waals surface area contributed by atoms with Crippen molar-refractivity contribution >= 4 is 17.1 Å². The van der Waals surface area contributed by atoms with Gasteiger partial charge in [0, 0.05) is 17.1 Å². The number of hydrogen-bond acceptors (Lipinski definition) is 2. The summed E-state index contributed by atoms with van der Waals surface area (Å²) in [5.74, 6) is 0. The number of nitrogens with zero attached hydrogens (tertiary/aromatic N) is 1. The van der Waals surface area contributed by atoms with Crippen LogP contribution in [0.2, 0.25) is 0 Å². The van der Waals surface area contributed by atoms with Crippen LogP contribution < -0.4 is 4.90 Å². The average Bonchev–Trinajstić information content (AvgIpc) is 2.79. The van der Waals surface area contributed by atoms with Crippen molar-refractivity contribution in [3.05, 3.63) is 89.5 Å². The molecule has 0 amide bonds. The lowest BCUT2D eigenvalue weighted by atomic mass is 10.0. The van der Waals surface area contributed by atoms with Crippen LogP contribution in [0.25, 0.3) is 0 Å². The lowest BCUT2D eigenvalue weighted by molar-refractivity contribution is 0.282. The van der Waals surface area contributed by atoms with E-state index < -0.39 is 0 Å². The van der Waals surface area contributed by atoms with E-state index >= 15 is 0 Å². The molecule has 0 aromatic heterocycles. The Bertz CT molecular complexity index is 776. The van der Waals surface area contributed by atoms with E-state index in [2.05, 4.69) is 65.6 Å². The van der Waals surface area contributed by atoms with Crippen molar-refractivity contribution in [2.24, 2.45) is 0 Å². The van der Waals surface area contributed by atoms with E-state index in [1.165, 1.54) is 22.5 Å². The summed E-state index contributed by atoms with van der Waals surface area (Å²) < 4.78 is 0. The third kappa shape index (κ3) is 2.51. The fourth-order valence-electron chi connectivity index (χ4n) is 3.31. The number of rotatable bonds is 2. The van der Waals surface area contributed by atoms with Gasteiger partial charge < -0.3 is 10.0 Å². The molecule has 2 nitrogen and oxygen atoms in total. The third-order valence-corrected chi connectivity index (χ3v) is 4.51. The molecule has 0 atom stereocenters. The van der Waals surface area contributed by atoms with Gasteiger partial charge in [0.25, 0.3) is 0 Å². The minimum absolute atomic E-state index is 0.0768. The van der Waals surface area contributed by atoms with Crippen LogP contribution in [-0.4, -0.2) is 5.11 Å². The Hall–Kier alpha value is -2.58. The van der Waals surface area contributed by atoms with Crippen molar-refractivity contribution in [2.75, 3.05) is 4.90 Å². The second-order valence-corrected chi connectivity index (χ2v) is 5.92. The van der Waals surface area contributed by atoms with Crippen LogP contribution in [0.3, 0.4) is 0 Å². The smallest absolute Gasteiger partial charge is 0.0681 e. The molecule has 23 heavy (non-hydrogen) atoms. The van der Waals surface area contributed by atoms with E-state index in [0.29, 0.717) is 0 Å².